The predicted octanol–water partition coefficient (Wildman–Crippen LogP) is 0.668. The highest BCUT2D eigenvalue weighted by atomic mass is 32.2. The number of rotatable bonds is 7. The maximum Gasteiger partial charge on any atom is 0.321 e. The van der Waals surface area contributed by atoms with Crippen LogP contribution in [0.2, 0.25) is 0 Å². The smallest absolute Gasteiger partial charge is 0.321 e. The van der Waals surface area contributed by atoms with Gasteiger partial charge in [0.25, 0.3) is 0 Å². The van der Waals surface area contributed by atoms with Gasteiger partial charge >= 0.3 is 5.97 Å². The molecule has 17 heavy (non-hydrogen) atoms. The van der Waals surface area contributed by atoms with Gasteiger partial charge in [-0.15, -0.1) is 10.2 Å². The van der Waals surface area contributed by atoms with Crippen molar-refractivity contribution in [2.24, 2.45) is 7.05 Å². The molecule has 0 aliphatic carbocycles. The van der Waals surface area contributed by atoms with E-state index < -0.39 is 12.0 Å². The van der Waals surface area contributed by atoms with Crippen LogP contribution in [0.1, 0.15) is 19.2 Å². The number of thioether (sulfide) groups is 1. The largest absolute Gasteiger partial charge is 0.480 e. The van der Waals surface area contributed by atoms with Gasteiger partial charge in [0.15, 0.2) is 5.16 Å². The molecule has 0 aromatic carbocycles. The number of aryl methyl sites for hydroxylation is 1. The zero-order chi connectivity index (χ0) is 12.8. The first-order valence-corrected chi connectivity index (χ1v) is 6.49. The zero-order valence-corrected chi connectivity index (χ0v) is 11.1. The topological polar surface area (TPSA) is 80.0 Å². The number of carbonyl (C=O) groups is 1. The molecule has 0 saturated carbocycles. The van der Waals surface area contributed by atoms with Crippen molar-refractivity contribution in [3.63, 3.8) is 0 Å². The first-order chi connectivity index (χ1) is 8.06. The van der Waals surface area contributed by atoms with Gasteiger partial charge in [0.1, 0.15) is 11.9 Å². The molecular formula is C10H18N4O2S. The molecule has 1 heterocycles. The lowest BCUT2D eigenvalue weighted by Gasteiger charge is -2.12. The van der Waals surface area contributed by atoms with E-state index in [4.69, 9.17) is 5.11 Å². The molecule has 1 rings (SSSR count). The molecule has 2 N–H and O–H groups in total. The predicted molar refractivity (Wildman–Crippen MR) is 66.2 cm³/mol. The minimum absolute atomic E-state index is 0.446. The monoisotopic (exact) mass is 258 g/mol. The van der Waals surface area contributed by atoms with E-state index in [1.165, 1.54) is 11.8 Å². The van der Waals surface area contributed by atoms with Crippen LogP contribution in [0.5, 0.6) is 0 Å². The molecule has 1 unspecified atom stereocenters. The van der Waals surface area contributed by atoms with Crippen molar-refractivity contribution < 1.29 is 9.90 Å². The average Bonchev–Trinajstić information content (AvgIpc) is 2.60. The van der Waals surface area contributed by atoms with Gasteiger partial charge < -0.3 is 15.0 Å². The Morgan fingerprint density at radius 3 is 2.76 bits per heavy atom. The van der Waals surface area contributed by atoms with Crippen molar-refractivity contribution in [3.8, 4) is 0 Å². The fraction of sp³-hybridized carbons (Fsp3) is 0.700. The van der Waals surface area contributed by atoms with Crippen molar-refractivity contribution in [2.75, 3.05) is 12.3 Å². The first kappa shape index (κ1) is 14.0. The molecule has 0 radical (unpaired) electrons. The normalized spacial score (nSPS) is 12.6. The first-order valence-electron chi connectivity index (χ1n) is 5.51. The molecule has 1 aromatic heterocycles. The summed E-state index contributed by atoms with van der Waals surface area (Å²) in [5.41, 5.74) is 0. The lowest BCUT2D eigenvalue weighted by molar-refractivity contribution is -0.138. The van der Waals surface area contributed by atoms with Crippen LogP contribution < -0.4 is 5.32 Å². The van der Waals surface area contributed by atoms with Crippen LogP contribution >= 0.6 is 11.8 Å². The molecule has 0 aliphatic heterocycles. The highest BCUT2D eigenvalue weighted by Gasteiger charge is 2.18. The van der Waals surface area contributed by atoms with Gasteiger partial charge in [0.05, 0.1) is 0 Å². The molecular weight excluding hydrogens is 240 g/mol. The summed E-state index contributed by atoms with van der Waals surface area (Å²) in [6.45, 7) is 4.57. The minimum atomic E-state index is -0.829. The van der Waals surface area contributed by atoms with E-state index in [1.807, 2.05) is 25.5 Å². The zero-order valence-electron chi connectivity index (χ0n) is 10.3. The second kappa shape index (κ2) is 6.61. The summed E-state index contributed by atoms with van der Waals surface area (Å²) in [6.07, 6.45) is 0.914. The second-order valence-electron chi connectivity index (χ2n) is 3.74. The van der Waals surface area contributed by atoms with Crippen LogP contribution in [0.4, 0.5) is 0 Å². The third-order valence-electron chi connectivity index (χ3n) is 2.37. The summed E-state index contributed by atoms with van der Waals surface area (Å²) in [7, 11) is 1.87. The summed E-state index contributed by atoms with van der Waals surface area (Å²) in [4.78, 5) is 11.0. The molecule has 0 aliphatic rings. The van der Waals surface area contributed by atoms with Crippen LogP contribution in [0, 0.1) is 6.92 Å². The SMILES string of the molecule is CCCNC(CSc1nnc(C)n1C)C(=O)O. The van der Waals surface area contributed by atoms with Gasteiger partial charge in [-0.25, -0.2) is 0 Å². The van der Waals surface area contributed by atoms with Gasteiger partial charge in [-0.3, -0.25) is 4.79 Å². The lowest BCUT2D eigenvalue weighted by Crippen LogP contribution is -2.39. The van der Waals surface area contributed by atoms with Gasteiger partial charge in [-0.05, 0) is 19.9 Å². The van der Waals surface area contributed by atoms with Crippen LogP contribution in [0.15, 0.2) is 5.16 Å². The number of hydrogen-bond acceptors (Lipinski definition) is 5. The highest BCUT2D eigenvalue weighted by Crippen LogP contribution is 2.16. The standard InChI is InChI=1S/C10H18N4O2S/c1-4-5-11-8(9(15)16)6-17-10-13-12-7(2)14(10)3/h8,11H,4-6H2,1-3H3,(H,15,16). The van der Waals surface area contributed by atoms with Gasteiger partial charge in [-0.1, -0.05) is 18.7 Å². The maximum absolute atomic E-state index is 11.0. The lowest BCUT2D eigenvalue weighted by atomic mass is 10.3. The van der Waals surface area contributed by atoms with Crippen molar-refractivity contribution in [2.45, 2.75) is 31.5 Å². The van der Waals surface area contributed by atoms with E-state index in [9.17, 15) is 4.79 Å². The van der Waals surface area contributed by atoms with Crippen LogP contribution in [-0.2, 0) is 11.8 Å². The van der Waals surface area contributed by atoms with Gasteiger partial charge in [0.2, 0.25) is 0 Å². The fourth-order valence-corrected chi connectivity index (χ4v) is 2.21. The number of nitrogens with zero attached hydrogens (tertiary/aromatic N) is 3. The Labute approximate surface area is 105 Å². The highest BCUT2D eigenvalue weighted by molar-refractivity contribution is 7.99. The van der Waals surface area contributed by atoms with Crippen molar-refractivity contribution >= 4 is 17.7 Å². The third-order valence-corrected chi connectivity index (χ3v) is 3.48. The molecule has 0 fully saturated rings. The van der Waals surface area contributed by atoms with E-state index in [0.29, 0.717) is 12.3 Å². The molecule has 96 valence electrons. The number of carboxylic acids is 1. The molecule has 0 amide bonds. The molecule has 6 nitrogen and oxygen atoms in total. The van der Waals surface area contributed by atoms with Gasteiger partial charge in [-0.2, -0.15) is 0 Å². The van der Waals surface area contributed by atoms with Crippen molar-refractivity contribution in [1.29, 1.82) is 0 Å². The van der Waals surface area contributed by atoms with Crippen LogP contribution in [-0.4, -0.2) is 44.2 Å². The Hall–Kier alpha value is -1.08. The Morgan fingerprint density at radius 2 is 2.29 bits per heavy atom. The summed E-state index contributed by atoms with van der Waals surface area (Å²) in [5.74, 6) is 0.437. The molecule has 0 saturated heterocycles. The molecule has 7 heteroatoms. The van der Waals surface area contributed by atoms with E-state index in [0.717, 1.165) is 17.4 Å². The van der Waals surface area contributed by atoms with Crippen LogP contribution in [0.3, 0.4) is 0 Å². The maximum atomic E-state index is 11.0. The molecule has 0 spiro atoms. The minimum Gasteiger partial charge on any atom is -0.480 e. The molecule has 0 bridgehead atoms. The number of hydrogen-bond donors (Lipinski definition) is 2. The average molecular weight is 258 g/mol. The fourth-order valence-electron chi connectivity index (χ4n) is 1.21. The van der Waals surface area contributed by atoms with E-state index in [-0.39, 0.29) is 0 Å². The summed E-state index contributed by atoms with van der Waals surface area (Å²) in [6, 6.07) is -0.544. The Morgan fingerprint density at radius 1 is 1.59 bits per heavy atom. The molecule has 1 aromatic rings. The number of aromatic nitrogens is 3. The Balaban J connectivity index is 2.51. The van der Waals surface area contributed by atoms with Crippen molar-refractivity contribution in [3.05, 3.63) is 5.82 Å². The summed E-state index contributed by atoms with van der Waals surface area (Å²) < 4.78 is 1.85. The Kier molecular flexibility index (Phi) is 5.43. The quantitative estimate of drug-likeness (QED) is 0.700. The summed E-state index contributed by atoms with van der Waals surface area (Å²) in [5, 5.41) is 20.7. The van der Waals surface area contributed by atoms with E-state index in [2.05, 4.69) is 15.5 Å². The second-order valence-corrected chi connectivity index (χ2v) is 4.73. The number of nitrogens with one attached hydrogen (secondary N) is 1. The molecule has 1 atom stereocenters. The van der Waals surface area contributed by atoms with E-state index in [1.54, 1.807) is 0 Å². The number of carboxylic acid groups (broad SMARTS) is 1. The Bertz CT molecular complexity index is 380. The van der Waals surface area contributed by atoms with Gasteiger partial charge in [0, 0.05) is 12.8 Å². The summed E-state index contributed by atoms with van der Waals surface area (Å²) >= 11 is 1.40. The van der Waals surface area contributed by atoms with Crippen LogP contribution in [0.25, 0.3) is 0 Å². The van der Waals surface area contributed by atoms with Crippen molar-refractivity contribution in [1.82, 2.24) is 20.1 Å². The van der Waals surface area contributed by atoms with E-state index >= 15 is 0 Å². The number of aliphatic carboxylic acids is 1. The third kappa shape index (κ3) is 4.01.